The minimum Gasteiger partial charge on any atom is -0.355 e. The van der Waals surface area contributed by atoms with Crippen LogP contribution in [0.2, 0.25) is 0 Å². The topological polar surface area (TPSA) is 28.2 Å². The van der Waals surface area contributed by atoms with Crippen LogP contribution in [0.25, 0.3) is 0 Å². The number of aryl methyl sites for hydroxylation is 1. The van der Waals surface area contributed by atoms with Crippen molar-refractivity contribution in [2.24, 2.45) is 0 Å². The fraction of sp³-hybridized carbons (Fsp3) is 0.706. The van der Waals surface area contributed by atoms with E-state index in [2.05, 4.69) is 54.9 Å². The number of nitrogens with zero attached hydrogens (tertiary/aromatic N) is 2. The Morgan fingerprint density at radius 3 is 2.90 bits per heavy atom. The molecule has 0 aromatic carbocycles. The van der Waals surface area contributed by atoms with Gasteiger partial charge < -0.3 is 10.2 Å². The van der Waals surface area contributed by atoms with Crippen LogP contribution in [-0.2, 0) is 13.0 Å². The zero-order valence-electron chi connectivity index (χ0n) is 13.7. The molecular formula is C17H29N3S. The highest BCUT2D eigenvalue weighted by Gasteiger charge is 2.20. The number of aromatic nitrogens is 1. The van der Waals surface area contributed by atoms with Gasteiger partial charge >= 0.3 is 0 Å². The molecule has 0 aliphatic carbocycles. The van der Waals surface area contributed by atoms with Crippen LogP contribution < -0.4 is 10.2 Å². The average molecular weight is 308 g/mol. The molecular weight excluding hydrogens is 278 g/mol. The summed E-state index contributed by atoms with van der Waals surface area (Å²) in [5, 5.41) is 4.19. The lowest BCUT2D eigenvalue weighted by Crippen LogP contribution is -2.38. The predicted octanol–water partition coefficient (Wildman–Crippen LogP) is 3.48. The molecule has 0 radical (unpaired) electrons. The van der Waals surface area contributed by atoms with Gasteiger partial charge in [0.25, 0.3) is 0 Å². The van der Waals surface area contributed by atoms with Gasteiger partial charge in [0, 0.05) is 36.3 Å². The van der Waals surface area contributed by atoms with Gasteiger partial charge in [-0.25, -0.2) is 4.98 Å². The molecule has 4 heteroatoms. The van der Waals surface area contributed by atoms with Crippen molar-refractivity contribution in [3.05, 3.63) is 23.4 Å². The van der Waals surface area contributed by atoms with E-state index < -0.39 is 0 Å². The molecule has 1 N–H and O–H groups in total. The van der Waals surface area contributed by atoms with Gasteiger partial charge in [-0.2, -0.15) is 11.8 Å². The summed E-state index contributed by atoms with van der Waals surface area (Å²) in [6.07, 6.45) is 3.48. The van der Waals surface area contributed by atoms with E-state index >= 15 is 0 Å². The molecule has 118 valence electrons. The third-order valence-electron chi connectivity index (χ3n) is 3.93. The number of hydrogen-bond donors (Lipinski definition) is 1. The maximum atomic E-state index is 4.91. The van der Waals surface area contributed by atoms with Crippen molar-refractivity contribution in [1.82, 2.24) is 10.3 Å². The Kier molecular flexibility index (Phi) is 6.84. The number of hydrogen-bond acceptors (Lipinski definition) is 4. The largest absolute Gasteiger partial charge is 0.355 e. The van der Waals surface area contributed by atoms with Gasteiger partial charge in [-0.1, -0.05) is 27.2 Å². The van der Waals surface area contributed by atoms with Gasteiger partial charge in [-0.05, 0) is 37.1 Å². The Labute approximate surface area is 133 Å². The zero-order valence-corrected chi connectivity index (χ0v) is 14.5. The Morgan fingerprint density at radius 1 is 1.33 bits per heavy atom. The van der Waals surface area contributed by atoms with E-state index in [9.17, 15) is 0 Å². The highest BCUT2D eigenvalue weighted by Crippen LogP contribution is 2.25. The fourth-order valence-electron chi connectivity index (χ4n) is 2.73. The molecule has 1 unspecified atom stereocenters. The number of thioether (sulfide) groups is 1. The smallest absolute Gasteiger partial charge is 0.129 e. The van der Waals surface area contributed by atoms with E-state index in [-0.39, 0.29) is 0 Å². The van der Waals surface area contributed by atoms with E-state index in [4.69, 9.17) is 4.98 Å². The van der Waals surface area contributed by atoms with Crippen molar-refractivity contribution in [1.29, 1.82) is 0 Å². The molecule has 1 aliphatic heterocycles. The highest BCUT2D eigenvalue weighted by molar-refractivity contribution is 8.00. The van der Waals surface area contributed by atoms with Crippen LogP contribution in [0.5, 0.6) is 0 Å². The lowest BCUT2D eigenvalue weighted by molar-refractivity contribution is 0.705. The standard InChI is InChI=1S/C17H29N3S/c1-4-7-15-10-14(12-18-6-3)11-17(19-15)20-8-9-21-16(5-2)13-20/h10-11,16,18H,4-9,12-13H2,1-3H3. The van der Waals surface area contributed by atoms with Crippen LogP contribution in [0.15, 0.2) is 12.1 Å². The van der Waals surface area contributed by atoms with Crippen LogP contribution >= 0.6 is 11.8 Å². The average Bonchev–Trinajstić information content (AvgIpc) is 2.53. The van der Waals surface area contributed by atoms with Gasteiger partial charge in [0.15, 0.2) is 0 Å². The molecule has 0 spiro atoms. The minimum atomic E-state index is 0.757. The third-order valence-corrected chi connectivity index (χ3v) is 5.30. The van der Waals surface area contributed by atoms with Crippen molar-refractivity contribution in [3.8, 4) is 0 Å². The normalized spacial score (nSPS) is 19.0. The van der Waals surface area contributed by atoms with Crippen LogP contribution in [0.1, 0.15) is 44.9 Å². The zero-order chi connectivity index (χ0) is 15.1. The number of rotatable bonds is 7. The van der Waals surface area contributed by atoms with Crippen molar-refractivity contribution in [3.63, 3.8) is 0 Å². The van der Waals surface area contributed by atoms with Gasteiger partial charge in [-0.15, -0.1) is 0 Å². The summed E-state index contributed by atoms with van der Waals surface area (Å²) in [6, 6.07) is 4.55. The van der Waals surface area contributed by atoms with Crippen molar-refractivity contribution in [2.45, 2.75) is 51.8 Å². The first-order valence-corrected chi connectivity index (χ1v) is 9.38. The Bertz CT molecular complexity index is 436. The summed E-state index contributed by atoms with van der Waals surface area (Å²) in [6.45, 7) is 10.9. The molecule has 0 amide bonds. The van der Waals surface area contributed by atoms with E-state index in [0.29, 0.717) is 0 Å². The molecule has 1 aliphatic rings. The molecule has 2 heterocycles. The minimum absolute atomic E-state index is 0.757. The second-order valence-electron chi connectivity index (χ2n) is 5.70. The number of nitrogens with one attached hydrogen (secondary N) is 1. The van der Waals surface area contributed by atoms with Gasteiger partial charge in [0.05, 0.1) is 0 Å². The molecule has 0 bridgehead atoms. The lowest BCUT2D eigenvalue weighted by Gasteiger charge is -2.33. The Balaban J connectivity index is 2.17. The van der Waals surface area contributed by atoms with Crippen molar-refractivity contribution in [2.75, 3.05) is 30.3 Å². The second-order valence-corrected chi connectivity index (χ2v) is 7.11. The summed E-state index contributed by atoms with van der Waals surface area (Å²) < 4.78 is 0. The molecule has 3 nitrogen and oxygen atoms in total. The van der Waals surface area contributed by atoms with Gasteiger partial charge in [-0.3, -0.25) is 0 Å². The number of anilines is 1. The summed E-state index contributed by atoms with van der Waals surface area (Å²) >= 11 is 2.11. The number of pyridine rings is 1. The molecule has 2 rings (SSSR count). The maximum absolute atomic E-state index is 4.91. The summed E-state index contributed by atoms with van der Waals surface area (Å²) in [5.41, 5.74) is 2.62. The quantitative estimate of drug-likeness (QED) is 0.835. The highest BCUT2D eigenvalue weighted by atomic mass is 32.2. The lowest BCUT2D eigenvalue weighted by atomic mass is 10.1. The van der Waals surface area contributed by atoms with Crippen molar-refractivity contribution < 1.29 is 0 Å². The SMILES string of the molecule is CCCc1cc(CNCC)cc(N2CCSC(CC)C2)n1. The molecule has 21 heavy (non-hydrogen) atoms. The Hall–Kier alpha value is -0.740. The fourth-order valence-corrected chi connectivity index (χ4v) is 3.91. The summed E-state index contributed by atoms with van der Waals surface area (Å²) in [5.74, 6) is 2.41. The molecule has 1 aromatic heterocycles. The van der Waals surface area contributed by atoms with Gasteiger partial charge in [0.1, 0.15) is 5.82 Å². The Morgan fingerprint density at radius 2 is 2.19 bits per heavy atom. The van der Waals surface area contributed by atoms with E-state index in [1.54, 1.807) is 0 Å². The van der Waals surface area contributed by atoms with E-state index in [1.165, 1.54) is 29.2 Å². The first-order valence-electron chi connectivity index (χ1n) is 8.33. The first kappa shape index (κ1) is 16.6. The molecule has 0 saturated carbocycles. The third kappa shape index (κ3) is 4.89. The van der Waals surface area contributed by atoms with Crippen LogP contribution in [0.3, 0.4) is 0 Å². The molecule has 1 atom stereocenters. The first-order chi connectivity index (χ1) is 10.3. The van der Waals surface area contributed by atoms with E-state index in [0.717, 1.165) is 44.3 Å². The monoisotopic (exact) mass is 307 g/mol. The van der Waals surface area contributed by atoms with Crippen LogP contribution in [-0.4, -0.2) is 35.6 Å². The summed E-state index contributed by atoms with van der Waals surface area (Å²) in [7, 11) is 0. The van der Waals surface area contributed by atoms with E-state index in [1.807, 2.05) is 0 Å². The second kappa shape index (κ2) is 8.64. The molecule has 1 fully saturated rings. The maximum Gasteiger partial charge on any atom is 0.129 e. The molecule has 1 saturated heterocycles. The van der Waals surface area contributed by atoms with Crippen molar-refractivity contribution >= 4 is 17.6 Å². The molecule has 1 aromatic rings. The van der Waals surface area contributed by atoms with Crippen LogP contribution in [0.4, 0.5) is 5.82 Å². The summed E-state index contributed by atoms with van der Waals surface area (Å²) in [4.78, 5) is 7.40. The predicted molar refractivity (Wildman–Crippen MR) is 94.4 cm³/mol. The van der Waals surface area contributed by atoms with Gasteiger partial charge in [0.2, 0.25) is 0 Å². The van der Waals surface area contributed by atoms with Crippen LogP contribution in [0, 0.1) is 0 Å².